The molecular weight excluding hydrogens is 172 g/mol. The van der Waals surface area contributed by atoms with Crippen LogP contribution in [0.1, 0.15) is 40.5 Å². The van der Waals surface area contributed by atoms with E-state index >= 15 is 0 Å². The molecule has 0 heterocycles. The van der Waals surface area contributed by atoms with Crippen LogP contribution in [0.3, 0.4) is 0 Å². The van der Waals surface area contributed by atoms with Gasteiger partial charge in [0.25, 0.3) is 0 Å². The normalized spacial score (nSPS) is 36.1. The zero-order chi connectivity index (χ0) is 11.1. The van der Waals surface area contributed by atoms with E-state index in [1.54, 1.807) is 0 Å². The molecule has 1 N–H and O–H groups in total. The zero-order valence-corrected chi connectivity index (χ0v) is 9.85. The van der Waals surface area contributed by atoms with E-state index in [4.69, 9.17) is 0 Å². The van der Waals surface area contributed by atoms with Crippen LogP contribution >= 0.6 is 0 Å². The van der Waals surface area contributed by atoms with Crippen molar-refractivity contribution in [2.45, 2.75) is 46.1 Å². The molecule has 1 nitrogen and oxygen atoms in total. The summed E-state index contributed by atoms with van der Waals surface area (Å²) in [7, 11) is 0. The molecule has 14 heavy (non-hydrogen) atoms. The van der Waals surface area contributed by atoms with E-state index in [9.17, 15) is 5.11 Å². The standard InChI is InChI=1S/C13H22O/c1-9(2)7-13(14)8-12(5,6)10(3)11(13)4/h10,14H,1,4,7-8H2,2-3,5-6H3/t10-,13-/m1/s1. The molecule has 80 valence electrons. The van der Waals surface area contributed by atoms with Gasteiger partial charge >= 0.3 is 0 Å². The molecule has 1 heteroatoms. The number of rotatable bonds is 2. The summed E-state index contributed by atoms with van der Waals surface area (Å²) in [6.07, 6.45) is 1.45. The summed E-state index contributed by atoms with van der Waals surface area (Å²) >= 11 is 0. The highest BCUT2D eigenvalue weighted by Gasteiger charge is 2.49. The molecule has 0 aromatic heterocycles. The van der Waals surface area contributed by atoms with Gasteiger partial charge in [-0.2, -0.15) is 0 Å². The smallest absolute Gasteiger partial charge is 0.0898 e. The van der Waals surface area contributed by atoms with E-state index in [1.165, 1.54) is 0 Å². The maximum atomic E-state index is 10.5. The van der Waals surface area contributed by atoms with E-state index in [0.29, 0.717) is 12.3 Å². The van der Waals surface area contributed by atoms with Crippen LogP contribution in [-0.4, -0.2) is 10.7 Å². The lowest BCUT2D eigenvalue weighted by atomic mass is 9.82. The SMILES string of the molecule is C=C(C)C[C@@]1(O)CC(C)(C)[C@H](C)C1=C. The first-order valence-electron chi connectivity index (χ1n) is 5.25. The third-order valence-corrected chi connectivity index (χ3v) is 3.63. The monoisotopic (exact) mass is 194 g/mol. The summed E-state index contributed by atoms with van der Waals surface area (Å²) in [6, 6.07) is 0. The molecule has 0 aromatic carbocycles. The van der Waals surface area contributed by atoms with Crippen LogP contribution in [0.5, 0.6) is 0 Å². The van der Waals surface area contributed by atoms with Crippen LogP contribution in [-0.2, 0) is 0 Å². The van der Waals surface area contributed by atoms with Crippen LogP contribution in [0, 0.1) is 11.3 Å². The van der Waals surface area contributed by atoms with Gasteiger partial charge in [0, 0.05) is 6.42 Å². The van der Waals surface area contributed by atoms with Gasteiger partial charge < -0.3 is 5.11 Å². The fourth-order valence-corrected chi connectivity index (χ4v) is 2.57. The summed E-state index contributed by atoms with van der Waals surface area (Å²) in [5.74, 6) is 0.381. The Hall–Kier alpha value is -0.560. The van der Waals surface area contributed by atoms with E-state index in [2.05, 4.69) is 33.9 Å². The quantitative estimate of drug-likeness (QED) is 0.669. The first kappa shape index (κ1) is 11.5. The second-order valence-electron chi connectivity index (χ2n) is 5.58. The predicted octanol–water partition coefficient (Wildman–Crippen LogP) is 3.31. The maximum absolute atomic E-state index is 10.5. The van der Waals surface area contributed by atoms with Gasteiger partial charge in [-0.25, -0.2) is 0 Å². The second-order valence-corrected chi connectivity index (χ2v) is 5.58. The molecule has 0 saturated heterocycles. The average Bonchev–Trinajstić information content (AvgIpc) is 2.10. The first-order valence-corrected chi connectivity index (χ1v) is 5.25. The molecule has 1 rings (SSSR count). The van der Waals surface area contributed by atoms with E-state index < -0.39 is 5.60 Å². The molecule has 0 spiro atoms. The van der Waals surface area contributed by atoms with Gasteiger partial charge in [0.05, 0.1) is 5.60 Å². The first-order chi connectivity index (χ1) is 6.19. The lowest BCUT2D eigenvalue weighted by Crippen LogP contribution is -2.27. The summed E-state index contributed by atoms with van der Waals surface area (Å²) in [6.45, 7) is 16.4. The Morgan fingerprint density at radius 2 is 2.07 bits per heavy atom. The molecule has 1 fully saturated rings. The highest BCUT2D eigenvalue weighted by molar-refractivity contribution is 5.27. The van der Waals surface area contributed by atoms with Crippen LogP contribution in [0.15, 0.2) is 24.3 Å². The van der Waals surface area contributed by atoms with Crippen molar-refractivity contribution in [2.24, 2.45) is 11.3 Å². The minimum atomic E-state index is -0.714. The third-order valence-electron chi connectivity index (χ3n) is 3.63. The summed E-state index contributed by atoms with van der Waals surface area (Å²) in [5, 5.41) is 10.5. The molecule has 0 aliphatic heterocycles. The minimum Gasteiger partial charge on any atom is -0.385 e. The number of hydrogen-bond donors (Lipinski definition) is 1. The summed E-state index contributed by atoms with van der Waals surface area (Å²) in [4.78, 5) is 0. The van der Waals surface area contributed by atoms with Crippen molar-refractivity contribution in [3.8, 4) is 0 Å². The van der Waals surface area contributed by atoms with Crippen LogP contribution in [0.2, 0.25) is 0 Å². The molecule has 0 amide bonds. The van der Waals surface area contributed by atoms with E-state index in [0.717, 1.165) is 17.6 Å². The predicted molar refractivity (Wildman–Crippen MR) is 61.1 cm³/mol. The van der Waals surface area contributed by atoms with Crippen molar-refractivity contribution in [3.63, 3.8) is 0 Å². The van der Waals surface area contributed by atoms with Crippen molar-refractivity contribution in [1.82, 2.24) is 0 Å². The van der Waals surface area contributed by atoms with E-state index in [1.807, 2.05) is 6.92 Å². The van der Waals surface area contributed by atoms with Gasteiger partial charge in [-0.1, -0.05) is 32.9 Å². The van der Waals surface area contributed by atoms with Gasteiger partial charge in [-0.3, -0.25) is 0 Å². The molecule has 1 aliphatic carbocycles. The molecule has 2 atom stereocenters. The molecule has 0 aromatic rings. The molecule has 1 saturated carbocycles. The lowest BCUT2D eigenvalue weighted by molar-refractivity contribution is 0.0677. The summed E-state index contributed by atoms with van der Waals surface area (Å²) < 4.78 is 0. The Balaban J connectivity index is 2.94. The van der Waals surface area contributed by atoms with E-state index in [-0.39, 0.29) is 5.41 Å². The molecule has 0 unspecified atom stereocenters. The van der Waals surface area contributed by atoms with Crippen LogP contribution < -0.4 is 0 Å². The maximum Gasteiger partial charge on any atom is 0.0898 e. The van der Waals surface area contributed by atoms with Gasteiger partial charge in [-0.05, 0) is 30.3 Å². The van der Waals surface area contributed by atoms with Gasteiger partial charge in [0.1, 0.15) is 0 Å². The van der Waals surface area contributed by atoms with Gasteiger partial charge in [-0.15, -0.1) is 6.58 Å². The Bertz CT molecular complexity index is 275. The van der Waals surface area contributed by atoms with Gasteiger partial charge in [0.2, 0.25) is 0 Å². The van der Waals surface area contributed by atoms with Crippen molar-refractivity contribution in [3.05, 3.63) is 24.3 Å². The van der Waals surface area contributed by atoms with Crippen molar-refractivity contribution in [2.75, 3.05) is 0 Å². The van der Waals surface area contributed by atoms with Gasteiger partial charge in [0.15, 0.2) is 0 Å². The van der Waals surface area contributed by atoms with Crippen LogP contribution in [0.25, 0.3) is 0 Å². The molecule has 1 aliphatic rings. The Morgan fingerprint density at radius 1 is 1.57 bits per heavy atom. The Kier molecular flexibility index (Phi) is 2.66. The number of aliphatic hydroxyl groups is 1. The largest absolute Gasteiger partial charge is 0.385 e. The lowest BCUT2D eigenvalue weighted by Gasteiger charge is -2.25. The molecule has 0 radical (unpaired) electrons. The Morgan fingerprint density at radius 3 is 2.36 bits per heavy atom. The number of hydrogen-bond acceptors (Lipinski definition) is 1. The summed E-state index contributed by atoms with van der Waals surface area (Å²) in [5.41, 5.74) is 1.44. The van der Waals surface area contributed by atoms with Crippen LogP contribution in [0.4, 0.5) is 0 Å². The Labute approximate surface area is 87.5 Å². The average molecular weight is 194 g/mol. The minimum absolute atomic E-state index is 0.154. The van der Waals surface area contributed by atoms with Crippen molar-refractivity contribution < 1.29 is 5.11 Å². The topological polar surface area (TPSA) is 20.2 Å². The third kappa shape index (κ3) is 1.78. The molecule has 0 bridgehead atoms. The highest BCUT2D eigenvalue weighted by atomic mass is 16.3. The van der Waals surface area contributed by atoms with Crippen molar-refractivity contribution in [1.29, 1.82) is 0 Å². The second kappa shape index (κ2) is 3.23. The zero-order valence-electron chi connectivity index (χ0n) is 9.85. The molecular formula is C13H22O. The van der Waals surface area contributed by atoms with Crippen molar-refractivity contribution >= 4 is 0 Å². The fraction of sp³-hybridized carbons (Fsp3) is 0.692. The highest BCUT2D eigenvalue weighted by Crippen LogP contribution is 2.52. The fourth-order valence-electron chi connectivity index (χ4n) is 2.57.